The summed E-state index contributed by atoms with van der Waals surface area (Å²) in [7, 11) is 0. The highest BCUT2D eigenvalue weighted by Crippen LogP contribution is 2.47. The van der Waals surface area contributed by atoms with E-state index in [2.05, 4.69) is 12.2 Å². The zero-order valence-corrected chi connectivity index (χ0v) is 16.4. The first kappa shape index (κ1) is 15.9. The van der Waals surface area contributed by atoms with E-state index in [1.807, 2.05) is 0 Å². The first-order valence-electron chi connectivity index (χ1n) is 11.5. The Bertz CT molecular complexity index is 543. The lowest BCUT2D eigenvalue weighted by Crippen LogP contribution is -2.64. The van der Waals surface area contributed by atoms with Crippen molar-refractivity contribution in [2.75, 3.05) is 52.4 Å². The largest absolute Gasteiger partial charge is 0.323 e. The van der Waals surface area contributed by atoms with Gasteiger partial charge in [0.15, 0.2) is 0 Å². The lowest BCUT2D eigenvalue weighted by Gasteiger charge is -2.53. The summed E-state index contributed by atoms with van der Waals surface area (Å²) in [5, 5.41) is 4.05. The molecule has 4 unspecified atom stereocenters. The van der Waals surface area contributed by atoms with Crippen molar-refractivity contribution in [3.63, 3.8) is 0 Å². The minimum Gasteiger partial charge on any atom is -0.323 e. The predicted octanol–water partition coefficient (Wildman–Crippen LogP) is 2.61. The molecule has 0 radical (unpaired) electrons. The molecule has 0 aromatic carbocycles. The van der Waals surface area contributed by atoms with Gasteiger partial charge in [-0.05, 0) is 31.6 Å². The third-order valence-corrected chi connectivity index (χ3v) is 10.0. The van der Waals surface area contributed by atoms with Crippen LogP contribution in [-0.4, -0.2) is 72.9 Å². The van der Waals surface area contributed by atoms with E-state index in [0.29, 0.717) is 5.54 Å². The third-order valence-electron chi connectivity index (χ3n) is 10.0. The molecular formula is C22H39N3+2. The maximum absolute atomic E-state index is 4.05. The molecule has 7 fully saturated rings. The molecule has 7 heterocycles. The molecule has 0 saturated carbocycles. The van der Waals surface area contributed by atoms with Crippen molar-refractivity contribution in [2.24, 2.45) is 23.7 Å². The van der Waals surface area contributed by atoms with Crippen LogP contribution in [0.25, 0.3) is 0 Å². The van der Waals surface area contributed by atoms with Crippen molar-refractivity contribution in [3.8, 4) is 0 Å². The van der Waals surface area contributed by atoms with Gasteiger partial charge in [-0.2, -0.15) is 0 Å². The van der Waals surface area contributed by atoms with E-state index in [-0.39, 0.29) is 0 Å². The zero-order chi connectivity index (χ0) is 16.7. The van der Waals surface area contributed by atoms with Crippen molar-refractivity contribution in [3.05, 3.63) is 0 Å². The van der Waals surface area contributed by atoms with Crippen LogP contribution in [0.15, 0.2) is 0 Å². The van der Waals surface area contributed by atoms with Crippen LogP contribution in [0, 0.1) is 23.7 Å². The van der Waals surface area contributed by atoms with E-state index in [0.717, 1.165) is 29.7 Å². The number of quaternary nitrogens is 2. The second-order valence-corrected chi connectivity index (χ2v) is 11.6. The Balaban J connectivity index is 1.17. The summed E-state index contributed by atoms with van der Waals surface area (Å²) < 4.78 is 3.03. The molecule has 0 aliphatic carbocycles. The minimum absolute atomic E-state index is 0.555. The molecule has 7 saturated heterocycles. The first-order chi connectivity index (χ1) is 12.1. The second kappa shape index (κ2) is 5.23. The molecule has 6 bridgehead atoms. The molecule has 25 heavy (non-hydrogen) atoms. The van der Waals surface area contributed by atoms with E-state index >= 15 is 0 Å². The van der Waals surface area contributed by atoms with Gasteiger partial charge in [0.2, 0.25) is 0 Å². The summed E-state index contributed by atoms with van der Waals surface area (Å²) >= 11 is 0. The lowest BCUT2D eigenvalue weighted by atomic mass is 9.77. The molecule has 7 aliphatic heterocycles. The topological polar surface area (TPSA) is 12.0 Å². The average molecular weight is 346 g/mol. The van der Waals surface area contributed by atoms with E-state index in [1.165, 1.54) is 93.3 Å². The molecule has 7 aliphatic rings. The van der Waals surface area contributed by atoms with Gasteiger partial charge in [0.05, 0.1) is 63.8 Å². The number of hydrogen-bond acceptors (Lipinski definition) is 1. The normalized spacial score (nSPS) is 59.2. The molecule has 3 nitrogen and oxygen atoms in total. The number of piperidine rings is 4. The summed E-state index contributed by atoms with van der Waals surface area (Å²) in [5.41, 5.74) is 0.555. The quantitative estimate of drug-likeness (QED) is 0.773. The summed E-state index contributed by atoms with van der Waals surface area (Å²) in [6.07, 6.45) is 10.5. The van der Waals surface area contributed by atoms with Crippen molar-refractivity contribution in [2.45, 2.75) is 63.5 Å². The SMILES string of the molecule is CC1C[N+]2(CC3C[N+]4(CC56CCC(CC5)N6)CCC3C4)CCC1CC2. The number of nitrogens with one attached hydrogen (secondary N) is 1. The fourth-order valence-electron chi connectivity index (χ4n) is 8.87. The number of fused-ring (bicyclic) bond motifs is 7. The Labute approximate surface area is 154 Å². The zero-order valence-electron chi connectivity index (χ0n) is 16.4. The fraction of sp³-hybridized carbons (Fsp3) is 1.00. The van der Waals surface area contributed by atoms with Crippen LogP contribution in [-0.2, 0) is 0 Å². The van der Waals surface area contributed by atoms with Crippen molar-refractivity contribution in [1.29, 1.82) is 0 Å². The van der Waals surface area contributed by atoms with Crippen LogP contribution in [0.1, 0.15) is 51.9 Å². The van der Waals surface area contributed by atoms with Gasteiger partial charge in [0.25, 0.3) is 0 Å². The third kappa shape index (κ3) is 2.41. The highest BCUT2D eigenvalue weighted by Gasteiger charge is 2.59. The molecular weight excluding hydrogens is 306 g/mol. The van der Waals surface area contributed by atoms with Crippen LogP contribution in [0.3, 0.4) is 0 Å². The van der Waals surface area contributed by atoms with Crippen molar-refractivity contribution >= 4 is 0 Å². The standard InChI is InChI=1S/C22H39N3/c1-17-12-24(9-4-18(17)5-10-24)14-20-15-25(11-6-19(20)13-25)16-22-7-2-21(23-22)3-8-22/h17-21,23H,2-16H2,1H3/q+2. The highest BCUT2D eigenvalue weighted by atomic mass is 15.4. The maximum Gasteiger partial charge on any atom is 0.0971 e. The molecule has 1 N–H and O–H groups in total. The average Bonchev–Trinajstić information content (AvgIpc) is 3.35. The Kier molecular flexibility index (Phi) is 3.33. The number of hydrogen-bond donors (Lipinski definition) is 1. The molecule has 0 aromatic rings. The molecule has 140 valence electrons. The molecule has 4 atom stereocenters. The maximum atomic E-state index is 4.05. The van der Waals surface area contributed by atoms with Crippen LogP contribution in [0.4, 0.5) is 0 Å². The van der Waals surface area contributed by atoms with Gasteiger partial charge in [-0.1, -0.05) is 6.92 Å². The van der Waals surface area contributed by atoms with Crippen LogP contribution >= 0.6 is 0 Å². The van der Waals surface area contributed by atoms with Gasteiger partial charge in [-0.25, -0.2) is 0 Å². The Morgan fingerprint density at radius 1 is 0.840 bits per heavy atom. The smallest absolute Gasteiger partial charge is 0.0971 e. The second-order valence-electron chi connectivity index (χ2n) is 11.6. The highest BCUT2D eigenvalue weighted by molar-refractivity contribution is 5.05. The van der Waals surface area contributed by atoms with E-state index in [9.17, 15) is 0 Å². The van der Waals surface area contributed by atoms with E-state index in [4.69, 9.17) is 0 Å². The van der Waals surface area contributed by atoms with Crippen LogP contribution < -0.4 is 5.32 Å². The van der Waals surface area contributed by atoms with Gasteiger partial charge in [-0.15, -0.1) is 0 Å². The molecule has 0 spiro atoms. The summed E-state index contributed by atoms with van der Waals surface area (Å²) in [5.74, 6) is 4.19. The summed E-state index contributed by atoms with van der Waals surface area (Å²) in [4.78, 5) is 0. The molecule has 0 amide bonds. The Hall–Kier alpha value is -0.120. The van der Waals surface area contributed by atoms with Gasteiger partial charge in [0.1, 0.15) is 0 Å². The summed E-state index contributed by atoms with van der Waals surface area (Å²) in [6.45, 7) is 14.7. The molecule has 0 aromatic heterocycles. The van der Waals surface area contributed by atoms with E-state index < -0.39 is 0 Å². The number of rotatable bonds is 4. The van der Waals surface area contributed by atoms with Crippen LogP contribution in [0.5, 0.6) is 0 Å². The summed E-state index contributed by atoms with van der Waals surface area (Å²) in [6, 6.07) is 0.879. The fourth-order valence-corrected chi connectivity index (χ4v) is 8.87. The molecule has 3 heteroatoms. The number of nitrogens with zero attached hydrogens (tertiary/aromatic N) is 2. The first-order valence-corrected chi connectivity index (χ1v) is 11.5. The monoisotopic (exact) mass is 345 g/mol. The molecule has 7 rings (SSSR count). The lowest BCUT2D eigenvalue weighted by molar-refractivity contribution is -0.955. The Morgan fingerprint density at radius 2 is 1.56 bits per heavy atom. The van der Waals surface area contributed by atoms with Crippen LogP contribution in [0.2, 0.25) is 0 Å². The van der Waals surface area contributed by atoms with Gasteiger partial charge < -0.3 is 14.3 Å². The van der Waals surface area contributed by atoms with Crippen molar-refractivity contribution < 1.29 is 8.97 Å². The van der Waals surface area contributed by atoms with Gasteiger partial charge in [0, 0.05) is 37.1 Å². The van der Waals surface area contributed by atoms with E-state index in [1.54, 1.807) is 13.0 Å². The minimum atomic E-state index is 0.555. The van der Waals surface area contributed by atoms with Gasteiger partial charge >= 0.3 is 0 Å². The predicted molar refractivity (Wildman–Crippen MR) is 101 cm³/mol. The van der Waals surface area contributed by atoms with Gasteiger partial charge in [-0.3, -0.25) is 0 Å². The van der Waals surface area contributed by atoms with Crippen molar-refractivity contribution in [1.82, 2.24) is 5.32 Å². The Morgan fingerprint density at radius 3 is 2.24 bits per heavy atom.